The van der Waals surface area contributed by atoms with E-state index in [1.54, 1.807) is 11.3 Å². The van der Waals surface area contributed by atoms with Crippen LogP contribution in [0.4, 0.5) is 5.13 Å². The van der Waals surface area contributed by atoms with Crippen LogP contribution < -0.4 is 4.90 Å². The van der Waals surface area contributed by atoms with Crippen LogP contribution in [0.5, 0.6) is 0 Å². The first-order valence-corrected chi connectivity index (χ1v) is 12.4. The average Bonchev–Trinajstić information content (AvgIpc) is 3.18. The molecule has 31 heavy (non-hydrogen) atoms. The van der Waals surface area contributed by atoms with Crippen LogP contribution in [0.1, 0.15) is 31.7 Å². The first kappa shape index (κ1) is 25.7. The SMILES string of the molecule is CCc1cccc2sc(N(CCCN(C)C)C(=O)CCCSc3ccccc3)nc12.Cl. The van der Waals surface area contributed by atoms with E-state index in [-0.39, 0.29) is 18.3 Å². The van der Waals surface area contributed by atoms with Crippen molar-refractivity contribution < 1.29 is 4.79 Å². The number of hydrogen-bond acceptors (Lipinski definition) is 5. The number of benzene rings is 2. The summed E-state index contributed by atoms with van der Waals surface area (Å²) in [6.45, 7) is 3.82. The smallest absolute Gasteiger partial charge is 0.228 e. The summed E-state index contributed by atoms with van der Waals surface area (Å²) >= 11 is 3.44. The van der Waals surface area contributed by atoms with Crippen molar-refractivity contribution in [3.05, 3.63) is 54.1 Å². The molecule has 0 aliphatic heterocycles. The molecule has 3 rings (SSSR count). The van der Waals surface area contributed by atoms with Gasteiger partial charge in [0.2, 0.25) is 5.91 Å². The number of carbonyl (C=O) groups excluding carboxylic acids is 1. The minimum Gasteiger partial charge on any atom is -0.309 e. The maximum absolute atomic E-state index is 13.1. The van der Waals surface area contributed by atoms with E-state index in [0.29, 0.717) is 13.0 Å². The third-order valence-electron chi connectivity index (χ3n) is 4.94. The zero-order valence-electron chi connectivity index (χ0n) is 18.5. The van der Waals surface area contributed by atoms with Gasteiger partial charge in [0.25, 0.3) is 0 Å². The van der Waals surface area contributed by atoms with Crippen molar-refractivity contribution in [3.8, 4) is 0 Å². The topological polar surface area (TPSA) is 36.4 Å². The third kappa shape index (κ3) is 7.49. The highest BCUT2D eigenvalue weighted by molar-refractivity contribution is 7.99. The molecule has 3 aromatic rings. The largest absolute Gasteiger partial charge is 0.309 e. The summed E-state index contributed by atoms with van der Waals surface area (Å²) in [7, 11) is 4.14. The number of aryl methyl sites for hydroxylation is 1. The summed E-state index contributed by atoms with van der Waals surface area (Å²) in [4.78, 5) is 23.3. The van der Waals surface area contributed by atoms with Gasteiger partial charge >= 0.3 is 0 Å². The Morgan fingerprint density at radius 2 is 1.81 bits per heavy atom. The number of carbonyl (C=O) groups is 1. The number of thioether (sulfide) groups is 1. The van der Waals surface area contributed by atoms with Crippen molar-refractivity contribution in [2.45, 2.75) is 37.5 Å². The molecule has 7 heteroatoms. The lowest BCUT2D eigenvalue weighted by molar-refractivity contribution is -0.118. The maximum Gasteiger partial charge on any atom is 0.228 e. The lowest BCUT2D eigenvalue weighted by atomic mass is 10.1. The quantitative estimate of drug-likeness (QED) is 0.245. The van der Waals surface area contributed by atoms with Gasteiger partial charge in [0.05, 0.1) is 10.2 Å². The number of fused-ring (bicyclic) bond motifs is 1. The van der Waals surface area contributed by atoms with E-state index < -0.39 is 0 Å². The molecule has 0 saturated carbocycles. The van der Waals surface area contributed by atoms with Gasteiger partial charge in [-0.2, -0.15) is 0 Å². The lowest BCUT2D eigenvalue weighted by Crippen LogP contribution is -2.33. The molecule has 2 aromatic carbocycles. The number of nitrogens with zero attached hydrogens (tertiary/aromatic N) is 3. The molecule has 0 atom stereocenters. The molecular formula is C24H32ClN3OS2. The van der Waals surface area contributed by atoms with Crippen molar-refractivity contribution in [1.82, 2.24) is 9.88 Å². The van der Waals surface area contributed by atoms with E-state index >= 15 is 0 Å². The molecule has 0 unspecified atom stereocenters. The summed E-state index contributed by atoms with van der Waals surface area (Å²) in [5, 5.41) is 0.838. The predicted molar refractivity (Wildman–Crippen MR) is 138 cm³/mol. The van der Waals surface area contributed by atoms with E-state index in [2.05, 4.69) is 68.4 Å². The number of aromatic nitrogens is 1. The van der Waals surface area contributed by atoms with Gasteiger partial charge in [0, 0.05) is 17.9 Å². The predicted octanol–water partition coefficient (Wildman–Crippen LogP) is 6.14. The molecule has 0 aliphatic rings. The Kier molecular flexibility index (Phi) is 10.8. The minimum atomic E-state index is 0. The highest BCUT2D eigenvalue weighted by Gasteiger charge is 2.20. The Morgan fingerprint density at radius 1 is 1.03 bits per heavy atom. The third-order valence-corrected chi connectivity index (χ3v) is 7.08. The fourth-order valence-electron chi connectivity index (χ4n) is 3.33. The number of hydrogen-bond donors (Lipinski definition) is 0. The van der Waals surface area contributed by atoms with Crippen LogP contribution in [0.15, 0.2) is 53.4 Å². The van der Waals surface area contributed by atoms with Crippen LogP contribution in [0.2, 0.25) is 0 Å². The maximum atomic E-state index is 13.1. The summed E-state index contributed by atoms with van der Waals surface area (Å²) in [6.07, 6.45) is 3.31. The summed E-state index contributed by atoms with van der Waals surface area (Å²) in [5.41, 5.74) is 2.29. The Bertz CT molecular complexity index is 946. The standard InChI is InChI=1S/C24H31N3OS2.ClH/c1-4-19-11-8-14-21-23(19)25-24(30-21)27(17-10-16-26(2)3)22(28)15-9-18-29-20-12-6-5-7-13-20;/h5-8,11-14H,4,9-10,15-18H2,1-3H3;1H. The summed E-state index contributed by atoms with van der Waals surface area (Å²) in [5.74, 6) is 1.13. The number of anilines is 1. The van der Waals surface area contributed by atoms with E-state index in [1.807, 2.05) is 22.7 Å². The van der Waals surface area contributed by atoms with Crippen LogP contribution in [0.3, 0.4) is 0 Å². The number of halogens is 1. The molecule has 168 valence electrons. The van der Waals surface area contributed by atoms with Crippen molar-refractivity contribution in [3.63, 3.8) is 0 Å². The fraction of sp³-hybridized carbons (Fsp3) is 0.417. The molecule has 0 bridgehead atoms. The molecule has 0 aliphatic carbocycles. The zero-order chi connectivity index (χ0) is 21.3. The number of rotatable bonds is 11. The van der Waals surface area contributed by atoms with E-state index in [1.165, 1.54) is 10.5 Å². The molecule has 0 saturated heterocycles. The minimum absolute atomic E-state index is 0. The molecular weight excluding hydrogens is 446 g/mol. The second-order valence-electron chi connectivity index (χ2n) is 7.58. The zero-order valence-corrected chi connectivity index (χ0v) is 21.0. The van der Waals surface area contributed by atoms with Crippen LogP contribution in [-0.2, 0) is 11.2 Å². The Hall–Kier alpha value is -1.60. The van der Waals surface area contributed by atoms with Gasteiger partial charge in [-0.15, -0.1) is 24.2 Å². The van der Waals surface area contributed by atoms with Gasteiger partial charge in [-0.3, -0.25) is 9.69 Å². The van der Waals surface area contributed by atoms with Gasteiger partial charge in [-0.1, -0.05) is 48.6 Å². The molecule has 0 fully saturated rings. The average molecular weight is 478 g/mol. The highest BCUT2D eigenvalue weighted by atomic mass is 35.5. The monoisotopic (exact) mass is 477 g/mol. The second-order valence-corrected chi connectivity index (χ2v) is 9.76. The van der Waals surface area contributed by atoms with E-state index in [0.717, 1.165) is 46.9 Å². The van der Waals surface area contributed by atoms with Crippen molar-refractivity contribution in [2.75, 3.05) is 37.8 Å². The number of amides is 1. The second kappa shape index (κ2) is 13.1. The lowest BCUT2D eigenvalue weighted by Gasteiger charge is -2.21. The first-order chi connectivity index (χ1) is 14.6. The fourth-order valence-corrected chi connectivity index (χ4v) is 5.26. The normalized spacial score (nSPS) is 11.0. The van der Waals surface area contributed by atoms with Crippen molar-refractivity contribution in [1.29, 1.82) is 0 Å². The van der Waals surface area contributed by atoms with Crippen molar-refractivity contribution in [2.24, 2.45) is 0 Å². The van der Waals surface area contributed by atoms with Crippen LogP contribution >= 0.6 is 35.5 Å². The molecule has 1 aromatic heterocycles. The Balaban J connectivity index is 0.00000341. The van der Waals surface area contributed by atoms with Crippen LogP contribution in [-0.4, -0.2) is 48.7 Å². The molecule has 0 N–H and O–H groups in total. The molecule has 4 nitrogen and oxygen atoms in total. The first-order valence-electron chi connectivity index (χ1n) is 10.6. The number of thiazole rings is 1. The van der Waals surface area contributed by atoms with Crippen LogP contribution in [0, 0.1) is 0 Å². The number of para-hydroxylation sites is 1. The summed E-state index contributed by atoms with van der Waals surface area (Å²) in [6, 6.07) is 16.7. The molecule has 0 radical (unpaired) electrons. The van der Waals surface area contributed by atoms with Crippen molar-refractivity contribution >= 4 is 56.8 Å². The van der Waals surface area contributed by atoms with Gasteiger partial charge < -0.3 is 4.90 Å². The molecule has 1 amide bonds. The van der Waals surface area contributed by atoms with Gasteiger partial charge in [0.1, 0.15) is 0 Å². The molecule has 1 heterocycles. The Labute approximate surface area is 200 Å². The summed E-state index contributed by atoms with van der Waals surface area (Å²) < 4.78 is 1.16. The Morgan fingerprint density at radius 3 is 2.52 bits per heavy atom. The van der Waals surface area contributed by atoms with E-state index in [4.69, 9.17) is 4.98 Å². The van der Waals surface area contributed by atoms with Gasteiger partial charge in [-0.05, 0) is 69.4 Å². The van der Waals surface area contributed by atoms with Gasteiger partial charge in [-0.25, -0.2) is 4.98 Å². The highest BCUT2D eigenvalue weighted by Crippen LogP contribution is 2.32. The molecule has 0 spiro atoms. The van der Waals surface area contributed by atoms with Crippen LogP contribution in [0.25, 0.3) is 10.2 Å². The van der Waals surface area contributed by atoms with Gasteiger partial charge in [0.15, 0.2) is 5.13 Å². The van der Waals surface area contributed by atoms with E-state index in [9.17, 15) is 4.79 Å².